The van der Waals surface area contributed by atoms with Crippen LogP contribution in [0.5, 0.6) is 0 Å². The standard InChI is InChI=1S/C19H15BrClN3O2S2/c1-23(2)15-8-3-11(9-14(15)20)10-16-18(26)24(19(27)28-16)22-17(25)12-4-6-13(21)7-5-12/h3-10H,1-2H3,(H,22,25)/b16-10-. The number of amides is 2. The highest BCUT2D eigenvalue weighted by Gasteiger charge is 2.33. The van der Waals surface area contributed by atoms with Gasteiger partial charge in [0.15, 0.2) is 4.32 Å². The van der Waals surface area contributed by atoms with E-state index in [1.165, 1.54) is 0 Å². The smallest absolute Gasteiger partial charge is 0.285 e. The van der Waals surface area contributed by atoms with E-state index in [2.05, 4.69) is 21.4 Å². The Hall–Kier alpha value is -1.87. The van der Waals surface area contributed by atoms with Gasteiger partial charge in [-0.1, -0.05) is 29.4 Å². The summed E-state index contributed by atoms with van der Waals surface area (Å²) in [5.41, 5.74) is 4.81. The van der Waals surface area contributed by atoms with Crippen molar-refractivity contribution < 1.29 is 9.59 Å². The highest BCUT2D eigenvalue weighted by atomic mass is 79.9. The van der Waals surface area contributed by atoms with Crippen LogP contribution in [0.15, 0.2) is 51.8 Å². The second kappa shape index (κ2) is 8.65. The largest absolute Gasteiger partial charge is 0.377 e. The molecule has 1 saturated heterocycles. The molecule has 1 N–H and O–H groups in total. The molecule has 0 radical (unpaired) electrons. The maximum atomic E-state index is 12.7. The molecule has 3 rings (SSSR count). The molecule has 0 unspecified atom stereocenters. The SMILES string of the molecule is CN(C)c1ccc(/C=C2\SC(=S)N(NC(=O)c3ccc(Cl)cc3)C2=O)cc1Br. The fourth-order valence-corrected chi connectivity index (χ4v) is 4.52. The molecule has 0 aromatic heterocycles. The summed E-state index contributed by atoms with van der Waals surface area (Å²) in [6.45, 7) is 0. The number of carbonyl (C=O) groups is 2. The lowest BCUT2D eigenvalue weighted by atomic mass is 10.2. The number of hydrazine groups is 1. The van der Waals surface area contributed by atoms with Crippen LogP contribution < -0.4 is 10.3 Å². The Balaban J connectivity index is 1.77. The predicted octanol–water partition coefficient (Wildman–Crippen LogP) is 4.71. The van der Waals surface area contributed by atoms with Crippen LogP contribution in [-0.4, -0.2) is 35.2 Å². The molecule has 5 nitrogen and oxygen atoms in total. The first-order valence-electron chi connectivity index (χ1n) is 8.07. The summed E-state index contributed by atoms with van der Waals surface area (Å²) in [7, 11) is 3.91. The average molecular weight is 497 g/mol. The zero-order chi connectivity index (χ0) is 20.4. The third-order valence-electron chi connectivity index (χ3n) is 3.86. The Morgan fingerprint density at radius 3 is 2.54 bits per heavy atom. The molecule has 1 aliphatic rings. The molecule has 0 spiro atoms. The molecule has 1 heterocycles. The number of hydrogen-bond donors (Lipinski definition) is 1. The minimum Gasteiger partial charge on any atom is -0.377 e. The quantitative estimate of drug-likeness (QED) is 0.490. The Morgan fingerprint density at radius 1 is 1.25 bits per heavy atom. The lowest BCUT2D eigenvalue weighted by Crippen LogP contribution is -2.44. The number of thiocarbonyl (C=S) groups is 1. The number of nitrogens with one attached hydrogen (secondary N) is 1. The summed E-state index contributed by atoms with van der Waals surface area (Å²) in [4.78, 5) is 27.5. The van der Waals surface area contributed by atoms with Crippen molar-refractivity contribution in [1.82, 2.24) is 10.4 Å². The molecule has 144 valence electrons. The molecular formula is C19H15BrClN3O2S2. The van der Waals surface area contributed by atoms with Gasteiger partial charge < -0.3 is 4.90 Å². The molecule has 2 amide bonds. The summed E-state index contributed by atoms with van der Waals surface area (Å²) < 4.78 is 1.18. The Kier molecular flexibility index (Phi) is 6.44. The minimum atomic E-state index is -0.438. The van der Waals surface area contributed by atoms with E-state index in [4.69, 9.17) is 23.8 Å². The van der Waals surface area contributed by atoms with Crippen LogP contribution in [0.4, 0.5) is 5.69 Å². The van der Waals surface area contributed by atoms with Crippen molar-refractivity contribution in [3.8, 4) is 0 Å². The minimum absolute atomic E-state index is 0.266. The monoisotopic (exact) mass is 495 g/mol. The van der Waals surface area contributed by atoms with Gasteiger partial charge in [-0.05, 0) is 76.2 Å². The molecule has 9 heteroatoms. The second-order valence-corrected chi connectivity index (χ2v) is 9.04. The van der Waals surface area contributed by atoms with Crippen LogP contribution in [-0.2, 0) is 4.79 Å². The van der Waals surface area contributed by atoms with E-state index in [0.717, 1.165) is 32.5 Å². The molecule has 1 aliphatic heterocycles. The van der Waals surface area contributed by atoms with Gasteiger partial charge in [-0.3, -0.25) is 15.0 Å². The third-order valence-corrected chi connectivity index (χ3v) is 6.05. The molecule has 28 heavy (non-hydrogen) atoms. The maximum Gasteiger partial charge on any atom is 0.285 e. The normalized spacial score (nSPS) is 15.3. The van der Waals surface area contributed by atoms with Gasteiger partial charge in [0.05, 0.1) is 10.6 Å². The number of thioether (sulfide) groups is 1. The average Bonchev–Trinajstić information content (AvgIpc) is 2.89. The highest BCUT2D eigenvalue weighted by Crippen LogP contribution is 2.33. The number of hydrogen-bond acceptors (Lipinski definition) is 5. The fourth-order valence-electron chi connectivity index (χ4n) is 2.46. The van der Waals surface area contributed by atoms with E-state index >= 15 is 0 Å². The van der Waals surface area contributed by atoms with Crippen LogP contribution in [0.25, 0.3) is 6.08 Å². The van der Waals surface area contributed by atoms with Crippen molar-refractivity contribution in [2.24, 2.45) is 0 Å². The van der Waals surface area contributed by atoms with Gasteiger partial charge in [-0.2, -0.15) is 5.01 Å². The molecule has 0 aliphatic carbocycles. The summed E-state index contributed by atoms with van der Waals surface area (Å²) in [5.74, 6) is -0.808. The lowest BCUT2D eigenvalue weighted by Gasteiger charge is -2.15. The van der Waals surface area contributed by atoms with E-state index in [1.807, 2.05) is 37.2 Å². The van der Waals surface area contributed by atoms with Gasteiger partial charge in [0.2, 0.25) is 0 Å². The first kappa shape index (κ1) is 20.9. The van der Waals surface area contributed by atoms with E-state index in [1.54, 1.807) is 30.3 Å². The number of rotatable bonds is 4. The predicted molar refractivity (Wildman–Crippen MR) is 122 cm³/mol. The van der Waals surface area contributed by atoms with E-state index in [0.29, 0.717) is 15.5 Å². The van der Waals surface area contributed by atoms with Gasteiger partial charge in [-0.25, -0.2) is 0 Å². The first-order valence-corrected chi connectivity index (χ1v) is 10.5. The molecule has 2 aromatic carbocycles. The summed E-state index contributed by atoms with van der Waals surface area (Å²) in [6, 6.07) is 12.2. The van der Waals surface area contributed by atoms with Gasteiger partial charge in [0.1, 0.15) is 0 Å². The van der Waals surface area contributed by atoms with E-state index in [-0.39, 0.29) is 10.2 Å². The van der Waals surface area contributed by atoms with E-state index in [9.17, 15) is 9.59 Å². The zero-order valence-electron chi connectivity index (χ0n) is 14.9. The highest BCUT2D eigenvalue weighted by molar-refractivity contribution is 9.10. The van der Waals surface area contributed by atoms with Crippen LogP contribution in [0.1, 0.15) is 15.9 Å². The van der Waals surface area contributed by atoms with Crippen LogP contribution in [0.2, 0.25) is 5.02 Å². The van der Waals surface area contributed by atoms with Crippen molar-refractivity contribution in [2.45, 2.75) is 0 Å². The summed E-state index contributed by atoms with van der Waals surface area (Å²) >= 11 is 15.8. The van der Waals surface area contributed by atoms with Crippen LogP contribution in [0, 0.1) is 0 Å². The van der Waals surface area contributed by atoms with Gasteiger partial charge >= 0.3 is 0 Å². The van der Waals surface area contributed by atoms with Gasteiger partial charge in [0, 0.05) is 29.2 Å². The molecule has 0 bridgehead atoms. The van der Waals surface area contributed by atoms with Gasteiger partial charge in [-0.15, -0.1) is 0 Å². The van der Waals surface area contributed by atoms with Crippen molar-refractivity contribution in [3.63, 3.8) is 0 Å². The molecule has 1 fully saturated rings. The number of halogens is 2. The number of carbonyl (C=O) groups excluding carboxylic acids is 2. The molecule has 0 saturated carbocycles. The van der Waals surface area contributed by atoms with Crippen molar-refractivity contribution >= 4 is 79.4 Å². The molecular weight excluding hydrogens is 482 g/mol. The summed E-state index contributed by atoms with van der Waals surface area (Å²) in [6.07, 6.45) is 1.75. The maximum absolute atomic E-state index is 12.7. The zero-order valence-corrected chi connectivity index (χ0v) is 18.9. The third kappa shape index (κ3) is 4.57. The first-order chi connectivity index (χ1) is 13.3. The Morgan fingerprint density at radius 2 is 1.93 bits per heavy atom. The second-order valence-electron chi connectivity index (χ2n) is 6.07. The Labute approximate surface area is 185 Å². The van der Waals surface area contributed by atoms with Crippen LogP contribution >= 0.6 is 51.5 Å². The number of nitrogens with zero attached hydrogens (tertiary/aromatic N) is 2. The molecule has 0 atom stereocenters. The topological polar surface area (TPSA) is 52.6 Å². The number of benzene rings is 2. The molecule has 2 aromatic rings. The Bertz CT molecular complexity index is 993. The fraction of sp³-hybridized carbons (Fsp3) is 0.105. The van der Waals surface area contributed by atoms with Crippen molar-refractivity contribution in [1.29, 1.82) is 0 Å². The van der Waals surface area contributed by atoms with Gasteiger partial charge in [0.25, 0.3) is 11.8 Å². The van der Waals surface area contributed by atoms with E-state index < -0.39 is 5.91 Å². The lowest BCUT2D eigenvalue weighted by molar-refractivity contribution is -0.123. The van der Waals surface area contributed by atoms with Crippen LogP contribution in [0.3, 0.4) is 0 Å². The van der Waals surface area contributed by atoms with Crippen molar-refractivity contribution in [2.75, 3.05) is 19.0 Å². The van der Waals surface area contributed by atoms with Crippen molar-refractivity contribution in [3.05, 3.63) is 68.0 Å². The number of anilines is 1. The summed E-state index contributed by atoms with van der Waals surface area (Å²) in [5, 5.41) is 1.61.